The zero-order valence-electron chi connectivity index (χ0n) is 10.2. The Labute approximate surface area is 92.5 Å². The molecule has 1 rings (SSSR count). The van der Waals surface area contributed by atoms with Gasteiger partial charge in [0.1, 0.15) is 0 Å². The topological polar surface area (TPSA) is 23.5 Å². The second-order valence-corrected chi connectivity index (χ2v) is 4.22. The average Bonchev–Trinajstić information content (AvgIpc) is 2.20. The molecule has 2 nitrogen and oxygen atoms in total. The van der Waals surface area contributed by atoms with Crippen molar-refractivity contribution in [2.45, 2.75) is 27.2 Å². The van der Waals surface area contributed by atoms with Gasteiger partial charge in [0.05, 0.1) is 0 Å². The molecule has 1 N–H and O–H groups in total. The Balaban J connectivity index is 2.88. The van der Waals surface area contributed by atoms with Crippen LogP contribution in [0.15, 0.2) is 12.1 Å². The third-order valence-corrected chi connectivity index (χ3v) is 2.88. The fourth-order valence-electron chi connectivity index (χ4n) is 1.78. The molecule has 0 bridgehead atoms. The van der Waals surface area contributed by atoms with E-state index in [0.29, 0.717) is 0 Å². The van der Waals surface area contributed by atoms with Crippen LogP contribution in [0.4, 0.5) is 5.69 Å². The smallest absolute Gasteiger partial charge is 0.0447 e. The van der Waals surface area contributed by atoms with Crippen LogP contribution in [0, 0.1) is 20.8 Å². The van der Waals surface area contributed by atoms with Crippen molar-refractivity contribution >= 4 is 5.69 Å². The van der Waals surface area contributed by atoms with Gasteiger partial charge in [-0.15, -0.1) is 0 Å². The first-order chi connectivity index (χ1) is 7.06. The predicted octanol–water partition coefficient (Wildman–Crippen LogP) is 2.43. The molecule has 0 aliphatic carbocycles. The van der Waals surface area contributed by atoms with Gasteiger partial charge in [0.25, 0.3) is 0 Å². The van der Waals surface area contributed by atoms with E-state index < -0.39 is 0 Å². The van der Waals surface area contributed by atoms with Crippen LogP contribution in [-0.2, 0) is 0 Å². The van der Waals surface area contributed by atoms with Gasteiger partial charge in [-0.3, -0.25) is 0 Å². The van der Waals surface area contributed by atoms with Crippen LogP contribution in [0.3, 0.4) is 0 Å². The van der Waals surface area contributed by atoms with E-state index in [0.717, 1.165) is 13.0 Å². The molecule has 0 fully saturated rings. The third kappa shape index (κ3) is 2.96. The number of aryl methyl sites for hydroxylation is 3. The molecule has 0 amide bonds. The third-order valence-electron chi connectivity index (χ3n) is 2.88. The summed E-state index contributed by atoms with van der Waals surface area (Å²) in [6.45, 7) is 7.57. The van der Waals surface area contributed by atoms with Gasteiger partial charge in [0.2, 0.25) is 0 Å². The van der Waals surface area contributed by atoms with Gasteiger partial charge in [-0.05, 0) is 49.9 Å². The highest BCUT2D eigenvalue weighted by atomic mass is 16.3. The summed E-state index contributed by atoms with van der Waals surface area (Å²) >= 11 is 0. The standard InChI is InChI=1S/C13H21NO/c1-10-8-12(3)13(9-11(10)2)14(4)6-5-7-15/h8-9,15H,5-7H2,1-4H3. The molecule has 0 heterocycles. The number of aliphatic hydroxyl groups excluding tert-OH is 1. The molecule has 0 atom stereocenters. The minimum atomic E-state index is 0.258. The molecular formula is C13H21NO. The lowest BCUT2D eigenvalue weighted by Crippen LogP contribution is -2.20. The lowest BCUT2D eigenvalue weighted by atomic mass is 10.0. The summed E-state index contributed by atoms with van der Waals surface area (Å²) in [5.74, 6) is 0. The molecule has 0 unspecified atom stereocenters. The van der Waals surface area contributed by atoms with Crippen molar-refractivity contribution in [3.8, 4) is 0 Å². The van der Waals surface area contributed by atoms with E-state index in [1.807, 2.05) is 0 Å². The Bertz CT molecular complexity index is 334. The van der Waals surface area contributed by atoms with E-state index in [2.05, 4.69) is 44.9 Å². The lowest BCUT2D eigenvalue weighted by Gasteiger charge is -2.22. The van der Waals surface area contributed by atoms with Crippen LogP contribution < -0.4 is 4.90 Å². The second-order valence-electron chi connectivity index (χ2n) is 4.22. The Morgan fingerprint density at radius 1 is 1.07 bits per heavy atom. The SMILES string of the molecule is Cc1cc(C)c(N(C)CCCO)cc1C. The molecule has 1 aromatic rings. The molecule has 15 heavy (non-hydrogen) atoms. The number of aliphatic hydroxyl groups is 1. The zero-order valence-corrected chi connectivity index (χ0v) is 10.2. The summed E-state index contributed by atoms with van der Waals surface area (Å²) in [5.41, 5.74) is 5.24. The fourth-order valence-corrected chi connectivity index (χ4v) is 1.78. The number of benzene rings is 1. The number of hydrogen-bond acceptors (Lipinski definition) is 2. The summed E-state index contributed by atoms with van der Waals surface area (Å²) < 4.78 is 0. The van der Waals surface area contributed by atoms with Gasteiger partial charge < -0.3 is 10.0 Å². The van der Waals surface area contributed by atoms with Crippen molar-refractivity contribution in [1.29, 1.82) is 0 Å². The monoisotopic (exact) mass is 207 g/mol. The Kier molecular flexibility index (Phi) is 4.15. The van der Waals surface area contributed by atoms with Gasteiger partial charge in [0, 0.05) is 25.9 Å². The van der Waals surface area contributed by atoms with Crippen LogP contribution in [0.25, 0.3) is 0 Å². The molecule has 0 spiro atoms. The molecule has 0 aromatic heterocycles. The van der Waals surface area contributed by atoms with Crippen LogP contribution >= 0.6 is 0 Å². The van der Waals surface area contributed by atoms with Crippen molar-refractivity contribution in [3.05, 3.63) is 28.8 Å². The Morgan fingerprint density at radius 2 is 1.67 bits per heavy atom. The first-order valence-electron chi connectivity index (χ1n) is 5.46. The van der Waals surface area contributed by atoms with Gasteiger partial charge in [0.15, 0.2) is 0 Å². The number of anilines is 1. The zero-order chi connectivity index (χ0) is 11.4. The van der Waals surface area contributed by atoms with Crippen molar-refractivity contribution in [1.82, 2.24) is 0 Å². The van der Waals surface area contributed by atoms with Crippen LogP contribution in [-0.4, -0.2) is 25.3 Å². The largest absolute Gasteiger partial charge is 0.396 e. The van der Waals surface area contributed by atoms with E-state index in [4.69, 9.17) is 5.11 Å². The summed E-state index contributed by atoms with van der Waals surface area (Å²) in [6.07, 6.45) is 0.822. The predicted molar refractivity (Wildman–Crippen MR) is 65.6 cm³/mol. The summed E-state index contributed by atoms with van der Waals surface area (Å²) in [5, 5.41) is 8.80. The summed E-state index contributed by atoms with van der Waals surface area (Å²) in [7, 11) is 2.08. The lowest BCUT2D eigenvalue weighted by molar-refractivity contribution is 0.290. The molecule has 0 saturated heterocycles. The van der Waals surface area contributed by atoms with E-state index in [-0.39, 0.29) is 6.61 Å². The highest BCUT2D eigenvalue weighted by Gasteiger charge is 2.06. The van der Waals surface area contributed by atoms with E-state index in [1.165, 1.54) is 22.4 Å². The van der Waals surface area contributed by atoms with Gasteiger partial charge in [-0.25, -0.2) is 0 Å². The second kappa shape index (κ2) is 5.17. The highest BCUT2D eigenvalue weighted by Crippen LogP contribution is 2.23. The average molecular weight is 207 g/mol. The van der Waals surface area contributed by atoms with E-state index in [9.17, 15) is 0 Å². The Hall–Kier alpha value is -1.02. The molecule has 0 aliphatic heterocycles. The normalized spacial score (nSPS) is 10.5. The van der Waals surface area contributed by atoms with Crippen LogP contribution in [0.2, 0.25) is 0 Å². The fraction of sp³-hybridized carbons (Fsp3) is 0.538. The summed E-state index contributed by atoms with van der Waals surface area (Å²) in [6, 6.07) is 4.45. The van der Waals surface area contributed by atoms with Crippen LogP contribution in [0.5, 0.6) is 0 Å². The first kappa shape index (κ1) is 12.1. The quantitative estimate of drug-likeness (QED) is 0.819. The van der Waals surface area contributed by atoms with Crippen molar-refractivity contribution in [2.75, 3.05) is 25.1 Å². The molecule has 0 aliphatic rings. The maximum atomic E-state index is 8.80. The molecule has 0 radical (unpaired) electrons. The van der Waals surface area contributed by atoms with Crippen molar-refractivity contribution in [2.24, 2.45) is 0 Å². The van der Waals surface area contributed by atoms with Crippen LogP contribution in [0.1, 0.15) is 23.1 Å². The summed E-state index contributed by atoms with van der Waals surface area (Å²) in [4.78, 5) is 2.21. The number of nitrogens with zero attached hydrogens (tertiary/aromatic N) is 1. The van der Waals surface area contributed by atoms with Crippen molar-refractivity contribution < 1.29 is 5.11 Å². The minimum Gasteiger partial charge on any atom is -0.396 e. The minimum absolute atomic E-state index is 0.258. The van der Waals surface area contributed by atoms with E-state index >= 15 is 0 Å². The van der Waals surface area contributed by atoms with E-state index in [1.54, 1.807) is 0 Å². The molecule has 84 valence electrons. The number of rotatable bonds is 4. The highest BCUT2D eigenvalue weighted by molar-refractivity contribution is 5.56. The first-order valence-corrected chi connectivity index (χ1v) is 5.46. The molecular weight excluding hydrogens is 186 g/mol. The molecule has 1 aromatic carbocycles. The maximum absolute atomic E-state index is 8.80. The Morgan fingerprint density at radius 3 is 2.27 bits per heavy atom. The molecule has 2 heteroatoms. The van der Waals surface area contributed by atoms with Crippen molar-refractivity contribution in [3.63, 3.8) is 0 Å². The van der Waals surface area contributed by atoms with Gasteiger partial charge in [-0.2, -0.15) is 0 Å². The van der Waals surface area contributed by atoms with Gasteiger partial charge in [-0.1, -0.05) is 6.07 Å². The number of hydrogen-bond donors (Lipinski definition) is 1. The van der Waals surface area contributed by atoms with Gasteiger partial charge >= 0.3 is 0 Å². The molecule has 0 saturated carbocycles. The maximum Gasteiger partial charge on any atom is 0.0447 e.